The van der Waals surface area contributed by atoms with Gasteiger partial charge in [0, 0.05) is 23.4 Å². The first kappa shape index (κ1) is 22.1. The smallest absolute Gasteiger partial charge is 0.336 e. The van der Waals surface area contributed by atoms with Crippen LogP contribution in [0.25, 0.3) is 0 Å². The van der Waals surface area contributed by atoms with E-state index >= 15 is 0 Å². The molecule has 0 bridgehead atoms. The predicted molar refractivity (Wildman–Crippen MR) is 107 cm³/mol. The summed E-state index contributed by atoms with van der Waals surface area (Å²) >= 11 is 0. The molecule has 1 aliphatic heterocycles. The molecule has 0 radical (unpaired) electrons. The quantitative estimate of drug-likeness (QED) is 0.597. The molecule has 2 aliphatic rings. The Bertz CT molecular complexity index is 1190. The Labute approximate surface area is 181 Å². The highest BCUT2D eigenvalue weighted by molar-refractivity contribution is 7.90. The number of hydrogen-bond donors (Lipinski definition) is 3. The molecule has 1 saturated carbocycles. The highest BCUT2D eigenvalue weighted by atomic mass is 32.2. The maximum atomic E-state index is 13.4. The van der Waals surface area contributed by atoms with Crippen molar-refractivity contribution in [1.82, 2.24) is 4.31 Å². The third kappa shape index (κ3) is 3.91. The van der Waals surface area contributed by atoms with Crippen LogP contribution in [0, 0.1) is 17.5 Å². The Morgan fingerprint density at radius 1 is 1.06 bits per heavy atom. The molecule has 4 rings (SSSR count). The first-order valence-corrected chi connectivity index (χ1v) is 11.2. The molecule has 1 aliphatic carbocycles. The molecular formula is C20H18F3N3O5S. The third-order valence-electron chi connectivity index (χ3n) is 5.46. The van der Waals surface area contributed by atoms with Crippen molar-refractivity contribution in [3.8, 4) is 0 Å². The van der Waals surface area contributed by atoms with E-state index in [2.05, 4.69) is 10.6 Å². The second-order valence-electron chi connectivity index (χ2n) is 7.61. The van der Waals surface area contributed by atoms with Gasteiger partial charge in [0.25, 0.3) is 15.9 Å². The third-order valence-corrected chi connectivity index (χ3v) is 7.34. The van der Waals surface area contributed by atoms with Gasteiger partial charge in [0.2, 0.25) is 0 Å². The van der Waals surface area contributed by atoms with Crippen LogP contribution >= 0.6 is 0 Å². The first-order chi connectivity index (χ1) is 15.1. The zero-order valence-electron chi connectivity index (χ0n) is 16.4. The predicted octanol–water partition coefficient (Wildman–Crippen LogP) is 3.20. The summed E-state index contributed by atoms with van der Waals surface area (Å²) in [5.41, 5.74) is -0.534. The number of rotatable bonds is 3. The molecule has 32 heavy (non-hydrogen) atoms. The number of urea groups is 1. The van der Waals surface area contributed by atoms with Crippen LogP contribution in [0.2, 0.25) is 0 Å². The van der Waals surface area contributed by atoms with Crippen LogP contribution in [0.1, 0.15) is 36.0 Å². The summed E-state index contributed by atoms with van der Waals surface area (Å²) in [6, 6.07) is 3.21. The average Bonchev–Trinajstić information content (AvgIpc) is 2.73. The first-order valence-electron chi connectivity index (χ1n) is 9.71. The van der Waals surface area contributed by atoms with E-state index in [0.717, 1.165) is 10.4 Å². The van der Waals surface area contributed by atoms with Gasteiger partial charge >= 0.3 is 6.03 Å². The number of aliphatic hydroxyl groups is 1. The lowest BCUT2D eigenvalue weighted by molar-refractivity contribution is 0.102. The summed E-state index contributed by atoms with van der Waals surface area (Å²) in [7, 11) is -4.31. The lowest BCUT2D eigenvalue weighted by Gasteiger charge is -2.37. The maximum absolute atomic E-state index is 13.4. The highest BCUT2D eigenvalue weighted by Crippen LogP contribution is 2.36. The molecule has 0 aromatic heterocycles. The molecule has 12 heteroatoms. The minimum absolute atomic E-state index is 0.0162. The van der Waals surface area contributed by atoms with Crippen molar-refractivity contribution < 1.29 is 36.3 Å². The number of amides is 3. The topological polar surface area (TPSA) is 116 Å². The molecule has 0 atom stereocenters. The number of benzene rings is 2. The fraction of sp³-hybridized carbons (Fsp3) is 0.300. The SMILES string of the molecule is O=C(Nc1cc(F)c(F)c(F)c1)c1ccc2c(c1)S(=O)(=O)N(C1CCC(O)CC1)C(=O)N2. The Morgan fingerprint density at radius 2 is 1.69 bits per heavy atom. The largest absolute Gasteiger partial charge is 0.393 e. The molecule has 1 heterocycles. The monoisotopic (exact) mass is 469 g/mol. The highest BCUT2D eigenvalue weighted by Gasteiger charge is 2.42. The summed E-state index contributed by atoms with van der Waals surface area (Å²) in [6.07, 6.45) is 0.745. The number of hydrogen-bond acceptors (Lipinski definition) is 5. The molecule has 2 aromatic carbocycles. The van der Waals surface area contributed by atoms with Crippen molar-refractivity contribution >= 4 is 33.3 Å². The van der Waals surface area contributed by atoms with E-state index in [9.17, 15) is 36.3 Å². The Balaban J connectivity index is 1.63. The van der Waals surface area contributed by atoms with Gasteiger partial charge in [-0.15, -0.1) is 0 Å². The van der Waals surface area contributed by atoms with Crippen molar-refractivity contribution in [2.75, 3.05) is 10.6 Å². The Hall–Kier alpha value is -3.12. The van der Waals surface area contributed by atoms with Gasteiger partial charge in [0.05, 0.1) is 17.8 Å². The van der Waals surface area contributed by atoms with Crippen LogP contribution in [0.5, 0.6) is 0 Å². The number of sulfonamides is 1. The Morgan fingerprint density at radius 3 is 2.31 bits per heavy atom. The zero-order chi connectivity index (χ0) is 23.2. The number of halogens is 3. The number of nitrogens with zero attached hydrogens (tertiary/aromatic N) is 1. The number of fused-ring (bicyclic) bond motifs is 1. The van der Waals surface area contributed by atoms with E-state index < -0.39 is 51.6 Å². The van der Waals surface area contributed by atoms with Crippen molar-refractivity contribution in [3.63, 3.8) is 0 Å². The zero-order valence-corrected chi connectivity index (χ0v) is 17.3. The number of nitrogens with one attached hydrogen (secondary N) is 2. The fourth-order valence-electron chi connectivity index (χ4n) is 3.85. The molecule has 2 aromatic rings. The number of carbonyl (C=O) groups is 2. The van der Waals surface area contributed by atoms with Crippen LogP contribution in [0.4, 0.5) is 29.3 Å². The van der Waals surface area contributed by atoms with E-state index in [1.165, 1.54) is 12.1 Å². The van der Waals surface area contributed by atoms with Gasteiger partial charge < -0.3 is 15.7 Å². The van der Waals surface area contributed by atoms with Crippen LogP contribution in [-0.4, -0.2) is 41.9 Å². The summed E-state index contributed by atoms with van der Waals surface area (Å²) in [5.74, 6) is -5.57. The van der Waals surface area contributed by atoms with Crippen molar-refractivity contribution in [2.45, 2.75) is 42.7 Å². The molecule has 170 valence electrons. The van der Waals surface area contributed by atoms with Crippen LogP contribution in [0.3, 0.4) is 0 Å². The molecule has 3 N–H and O–H groups in total. The van der Waals surface area contributed by atoms with Gasteiger partial charge in [0.15, 0.2) is 17.5 Å². The van der Waals surface area contributed by atoms with Crippen molar-refractivity contribution in [2.24, 2.45) is 0 Å². The number of anilines is 2. The lowest BCUT2D eigenvalue weighted by atomic mass is 9.93. The van der Waals surface area contributed by atoms with Gasteiger partial charge in [-0.1, -0.05) is 0 Å². The van der Waals surface area contributed by atoms with Gasteiger partial charge in [0.1, 0.15) is 4.90 Å². The van der Waals surface area contributed by atoms with Gasteiger partial charge in [-0.25, -0.2) is 30.7 Å². The standard InChI is InChI=1S/C20H18F3N3O5S/c21-14-8-11(9-15(22)18(14)23)24-19(28)10-1-6-16-17(7-10)32(30,31)26(20(29)25-16)12-2-4-13(27)5-3-12/h1,6-9,12-13,27H,2-5H2,(H,24,28)(H,25,29). The molecule has 0 saturated heterocycles. The Kier molecular flexibility index (Phi) is 5.59. The maximum Gasteiger partial charge on any atom is 0.336 e. The lowest BCUT2D eigenvalue weighted by Crippen LogP contribution is -2.51. The fourth-order valence-corrected chi connectivity index (χ4v) is 5.60. The van der Waals surface area contributed by atoms with Gasteiger partial charge in [-0.05, 0) is 43.9 Å². The van der Waals surface area contributed by atoms with E-state index in [1.807, 2.05) is 0 Å². The minimum atomic E-state index is -4.31. The minimum Gasteiger partial charge on any atom is -0.393 e. The molecule has 0 unspecified atom stereocenters. The summed E-state index contributed by atoms with van der Waals surface area (Å²) in [6.45, 7) is 0. The van der Waals surface area contributed by atoms with Gasteiger partial charge in [-0.2, -0.15) is 0 Å². The van der Waals surface area contributed by atoms with Gasteiger partial charge in [-0.3, -0.25) is 4.79 Å². The van der Waals surface area contributed by atoms with Crippen molar-refractivity contribution in [1.29, 1.82) is 0 Å². The van der Waals surface area contributed by atoms with Crippen LogP contribution in [-0.2, 0) is 10.0 Å². The van der Waals surface area contributed by atoms with Crippen LogP contribution < -0.4 is 10.6 Å². The molecule has 3 amide bonds. The molecule has 0 spiro atoms. The normalized spacial score (nSPS) is 22.1. The number of carbonyl (C=O) groups excluding carboxylic acids is 2. The number of aliphatic hydroxyl groups excluding tert-OH is 1. The van der Waals surface area contributed by atoms with E-state index in [1.54, 1.807) is 0 Å². The molecular weight excluding hydrogens is 451 g/mol. The molecule has 1 fully saturated rings. The average molecular weight is 469 g/mol. The van der Waals surface area contributed by atoms with E-state index in [-0.39, 0.29) is 21.8 Å². The van der Waals surface area contributed by atoms with E-state index in [4.69, 9.17) is 0 Å². The van der Waals surface area contributed by atoms with Crippen LogP contribution in [0.15, 0.2) is 35.2 Å². The van der Waals surface area contributed by atoms with Crippen molar-refractivity contribution in [3.05, 3.63) is 53.3 Å². The second kappa shape index (κ2) is 8.10. The van der Waals surface area contributed by atoms with E-state index in [0.29, 0.717) is 37.8 Å². The summed E-state index contributed by atoms with van der Waals surface area (Å²) in [4.78, 5) is 24.7. The second-order valence-corrected chi connectivity index (χ2v) is 9.40. The summed E-state index contributed by atoms with van der Waals surface area (Å²) in [5, 5.41) is 14.3. The molecule has 8 nitrogen and oxygen atoms in total. The summed E-state index contributed by atoms with van der Waals surface area (Å²) < 4.78 is 67.0.